The summed E-state index contributed by atoms with van der Waals surface area (Å²) in [4.78, 5) is 18.5. The molecule has 2 heterocycles. The van der Waals surface area contributed by atoms with Crippen molar-refractivity contribution in [2.45, 2.75) is 25.9 Å². The summed E-state index contributed by atoms with van der Waals surface area (Å²) in [5, 5.41) is 2.49. The minimum atomic E-state index is -4.55. The van der Waals surface area contributed by atoms with Crippen LogP contribution in [0.5, 0.6) is 0 Å². The monoisotopic (exact) mass is 397 g/mol. The standard InChI is InChI=1S/C19H19ClF3N3O/c1-12-4-6-26(7-5-12)18(27)13-8-15(11-24-10-13)25-14-2-3-17(20)16(9-14)19(21,22)23/h2-3,8-12,25H,4-7H2,1H3. The summed E-state index contributed by atoms with van der Waals surface area (Å²) in [6, 6.07) is 5.15. The highest BCUT2D eigenvalue weighted by atomic mass is 35.5. The van der Waals surface area contributed by atoms with Crippen molar-refractivity contribution < 1.29 is 18.0 Å². The number of aromatic nitrogens is 1. The minimum absolute atomic E-state index is 0.120. The number of nitrogens with zero attached hydrogens (tertiary/aromatic N) is 2. The van der Waals surface area contributed by atoms with Crippen LogP contribution in [0.1, 0.15) is 35.7 Å². The first-order chi connectivity index (χ1) is 12.7. The average Bonchev–Trinajstić information content (AvgIpc) is 2.63. The molecule has 144 valence electrons. The van der Waals surface area contributed by atoms with Crippen molar-refractivity contribution in [1.82, 2.24) is 9.88 Å². The van der Waals surface area contributed by atoms with Crippen LogP contribution in [-0.2, 0) is 6.18 Å². The van der Waals surface area contributed by atoms with E-state index in [0.29, 0.717) is 30.3 Å². The van der Waals surface area contributed by atoms with Gasteiger partial charge < -0.3 is 10.2 Å². The molecule has 0 saturated carbocycles. The number of anilines is 2. The molecule has 1 saturated heterocycles. The topological polar surface area (TPSA) is 45.2 Å². The van der Waals surface area contributed by atoms with Crippen molar-refractivity contribution in [3.05, 3.63) is 52.8 Å². The molecule has 1 aromatic carbocycles. The van der Waals surface area contributed by atoms with Gasteiger partial charge in [0.05, 0.1) is 28.0 Å². The van der Waals surface area contributed by atoms with Gasteiger partial charge in [0.1, 0.15) is 0 Å². The van der Waals surface area contributed by atoms with Gasteiger partial charge >= 0.3 is 6.18 Å². The molecule has 1 fully saturated rings. The molecule has 1 N–H and O–H groups in total. The van der Waals surface area contributed by atoms with Crippen molar-refractivity contribution in [1.29, 1.82) is 0 Å². The van der Waals surface area contributed by atoms with Gasteiger partial charge in [0.15, 0.2) is 0 Å². The highest BCUT2D eigenvalue weighted by Gasteiger charge is 2.33. The van der Waals surface area contributed by atoms with Crippen molar-refractivity contribution in [2.24, 2.45) is 5.92 Å². The van der Waals surface area contributed by atoms with E-state index < -0.39 is 11.7 Å². The van der Waals surface area contributed by atoms with Gasteiger partial charge in [0, 0.05) is 25.0 Å². The molecular formula is C19H19ClF3N3O. The maximum absolute atomic E-state index is 13.0. The summed E-state index contributed by atoms with van der Waals surface area (Å²) >= 11 is 5.64. The number of piperidine rings is 1. The number of rotatable bonds is 3. The Morgan fingerprint density at radius 1 is 1.19 bits per heavy atom. The summed E-state index contributed by atoms with van der Waals surface area (Å²) in [7, 11) is 0. The number of pyridine rings is 1. The maximum atomic E-state index is 13.0. The predicted octanol–water partition coefficient (Wildman–Crippen LogP) is 5.37. The molecule has 1 aliphatic rings. The first-order valence-electron chi connectivity index (χ1n) is 8.62. The normalized spacial score (nSPS) is 15.7. The Morgan fingerprint density at radius 3 is 2.56 bits per heavy atom. The quantitative estimate of drug-likeness (QED) is 0.757. The average molecular weight is 398 g/mol. The van der Waals surface area contributed by atoms with E-state index in [9.17, 15) is 18.0 Å². The molecule has 8 heteroatoms. The zero-order chi connectivity index (χ0) is 19.6. The van der Waals surface area contributed by atoms with Gasteiger partial charge in [-0.3, -0.25) is 9.78 Å². The van der Waals surface area contributed by atoms with E-state index in [2.05, 4.69) is 17.2 Å². The summed E-state index contributed by atoms with van der Waals surface area (Å²) in [6.07, 6.45) is 0.298. The van der Waals surface area contributed by atoms with Crippen LogP contribution < -0.4 is 5.32 Å². The van der Waals surface area contributed by atoms with E-state index in [1.165, 1.54) is 24.5 Å². The Hall–Kier alpha value is -2.28. The maximum Gasteiger partial charge on any atom is 0.417 e. The Balaban J connectivity index is 1.77. The first kappa shape index (κ1) is 19.5. The van der Waals surface area contributed by atoms with Gasteiger partial charge in [-0.1, -0.05) is 18.5 Å². The number of hydrogen-bond acceptors (Lipinski definition) is 3. The van der Waals surface area contributed by atoms with Gasteiger partial charge in [0.2, 0.25) is 0 Å². The molecule has 1 amide bonds. The fourth-order valence-electron chi connectivity index (χ4n) is 3.01. The van der Waals surface area contributed by atoms with Gasteiger partial charge in [-0.2, -0.15) is 13.2 Å². The molecule has 3 rings (SSSR count). The second-order valence-corrected chi connectivity index (χ2v) is 7.16. The van der Waals surface area contributed by atoms with Crippen LogP contribution in [0.3, 0.4) is 0 Å². The van der Waals surface area contributed by atoms with Crippen molar-refractivity contribution >= 4 is 28.9 Å². The molecule has 0 unspecified atom stereocenters. The second kappa shape index (κ2) is 7.76. The van der Waals surface area contributed by atoms with Crippen LogP contribution in [0, 0.1) is 5.92 Å². The Labute approximate surface area is 160 Å². The van der Waals surface area contributed by atoms with Crippen LogP contribution in [-0.4, -0.2) is 28.9 Å². The summed E-state index contributed by atoms with van der Waals surface area (Å²) in [5.74, 6) is 0.484. The Bertz CT molecular complexity index is 833. The molecule has 4 nitrogen and oxygen atoms in total. The van der Waals surface area contributed by atoms with Crippen LogP contribution in [0.2, 0.25) is 5.02 Å². The zero-order valence-corrected chi connectivity index (χ0v) is 15.4. The smallest absolute Gasteiger partial charge is 0.354 e. The Kier molecular flexibility index (Phi) is 5.60. The molecule has 0 aliphatic carbocycles. The Morgan fingerprint density at radius 2 is 1.89 bits per heavy atom. The largest absolute Gasteiger partial charge is 0.417 e. The molecule has 27 heavy (non-hydrogen) atoms. The van der Waals surface area contributed by atoms with Crippen molar-refractivity contribution in [3.8, 4) is 0 Å². The fraction of sp³-hybridized carbons (Fsp3) is 0.368. The highest BCUT2D eigenvalue weighted by molar-refractivity contribution is 6.31. The van der Waals surface area contributed by atoms with Crippen LogP contribution >= 0.6 is 11.6 Å². The van der Waals surface area contributed by atoms with Crippen LogP contribution in [0.25, 0.3) is 0 Å². The molecular weight excluding hydrogens is 379 g/mol. The number of hydrogen-bond donors (Lipinski definition) is 1. The van der Waals surface area contributed by atoms with Gasteiger partial charge in [0.25, 0.3) is 5.91 Å². The number of carbonyl (C=O) groups excluding carboxylic acids is 1. The second-order valence-electron chi connectivity index (χ2n) is 6.75. The summed E-state index contributed by atoms with van der Waals surface area (Å²) < 4.78 is 39.0. The van der Waals surface area contributed by atoms with E-state index in [0.717, 1.165) is 18.9 Å². The molecule has 1 aliphatic heterocycles. The van der Waals surface area contributed by atoms with E-state index >= 15 is 0 Å². The number of alkyl halides is 3. The van der Waals surface area contributed by atoms with Crippen molar-refractivity contribution in [2.75, 3.05) is 18.4 Å². The van der Waals surface area contributed by atoms with E-state index in [-0.39, 0.29) is 16.6 Å². The summed E-state index contributed by atoms with van der Waals surface area (Å²) in [6.45, 7) is 3.56. The zero-order valence-electron chi connectivity index (χ0n) is 14.7. The van der Waals surface area contributed by atoms with Gasteiger partial charge in [-0.05, 0) is 43.0 Å². The SMILES string of the molecule is CC1CCN(C(=O)c2cncc(Nc3ccc(Cl)c(C(F)(F)F)c3)c2)CC1. The molecule has 1 aromatic heterocycles. The predicted molar refractivity (Wildman–Crippen MR) is 98.3 cm³/mol. The highest BCUT2D eigenvalue weighted by Crippen LogP contribution is 2.36. The molecule has 0 spiro atoms. The lowest BCUT2D eigenvalue weighted by atomic mass is 9.99. The van der Waals surface area contributed by atoms with Gasteiger partial charge in [-0.25, -0.2) is 0 Å². The van der Waals surface area contributed by atoms with E-state index in [1.807, 2.05) is 0 Å². The van der Waals surface area contributed by atoms with E-state index in [4.69, 9.17) is 11.6 Å². The third-order valence-corrected chi connectivity index (χ3v) is 4.95. The van der Waals surface area contributed by atoms with E-state index in [1.54, 1.807) is 11.0 Å². The van der Waals surface area contributed by atoms with Crippen LogP contribution in [0.4, 0.5) is 24.5 Å². The molecule has 0 radical (unpaired) electrons. The van der Waals surface area contributed by atoms with Crippen molar-refractivity contribution in [3.63, 3.8) is 0 Å². The number of benzene rings is 1. The third-order valence-electron chi connectivity index (χ3n) is 4.62. The number of likely N-dealkylation sites (tertiary alicyclic amines) is 1. The number of carbonyl (C=O) groups is 1. The molecule has 2 aromatic rings. The van der Waals surface area contributed by atoms with Gasteiger partial charge in [-0.15, -0.1) is 0 Å². The molecule has 0 bridgehead atoms. The third kappa shape index (κ3) is 4.71. The lowest BCUT2D eigenvalue weighted by Gasteiger charge is -2.30. The number of amides is 1. The van der Waals surface area contributed by atoms with Crippen LogP contribution in [0.15, 0.2) is 36.7 Å². The summed E-state index contributed by atoms with van der Waals surface area (Å²) in [5.41, 5.74) is 0.128. The number of halogens is 4. The lowest BCUT2D eigenvalue weighted by Crippen LogP contribution is -2.37. The number of nitrogens with one attached hydrogen (secondary N) is 1. The molecule has 0 atom stereocenters. The lowest BCUT2D eigenvalue weighted by molar-refractivity contribution is -0.137. The first-order valence-corrected chi connectivity index (χ1v) is 9.00. The minimum Gasteiger partial charge on any atom is -0.354 e. The fourth-order valence-corrected chi connectivity index (χ4v) is 3.23.